The first-order valence-corrected chi connectivity index (χ1v) is 10.7. The number of rotatable bonds is 3. The van der Waals surface area contributed by atoms with Gasteiger partial charge in [0.2, 0.25) is 5.91 Å². The van der Waals surface area contributed by atoms with Crippen molar-refractivity contribution in [2.45, 2.75) is 30.6 Å². The number of primary amides is 1. The van der Waals surface area contributed by atoms with Crippen molar-refractivity contribution in [1.29, 1.82) is 0 Å². The molecule has 4 rings (SSSR count). The van der Waals surface area contributed by atoms with Gasteiger partial charge < -0.3 is 36.0 Å². The molecule has 0 aliphatic heterocycles. The molecule has 6 atom stereocenters. The maximum atomic E-state index is 13.5. The minimum atomic E-state index is -2.57. The number of hydrogen-bond donors (Lipinski definition) is 5. The lowest BCUT2D eigenvalue weighted by Gasteiger charge is -2.53. The Morgan fingerprint density at radius 1 is 1.15 bits per heavy atom. The SMILES string of the molecule is CN(C)c1ccc(O)c2c1CC1CC3C(N(C)C)C(O)C(C(N)=O)C(=O)C3(O)C(O)=C1C2=O. The summed E-state index contributed by atoms with van der Waals surface area (Å²) in [6, 6.07) is 2.20. The van der Waals surface area contributed by atoms with E-state index in [-0.39, 0.29) is 29.7 Å². The number of nitrogens with zero attached hydrogens (tertiary/aromatic N) is 2. The van der Waals surface area contributed by atoms with Crippen molar-refractivity contribution in [1.82, 2.24) is 4.90 Å². The molecule has 6 unspecified atom stereocenters. The van der Waals surface area contributed by atoms with Gasteiger partial charge in [-0.2, -0.15) is 0 Å². The molecule has 10 nitrogen and oxygen atoms in total. The summed E-state index contributed by atoms with van der Waals surface area (Å²) >= 11 is 0. The van der Waals surface area contributed by atoms with Gasteiger partial charge in [-0.05, 0) is 50.6 Å². The predicted molar refractivity (Wildman–Crippen MR) is 118 cm³/mol. The molecule has 3 aliphatic rings. The van der Waals surface area contributed by atoms with Crippen LogP contribution in [0.25, 0.3) is 0 Å². The number of phenols is 1. The molecular weight excluding hydrogens is 430 g/mol. The zero-order chi connectivity index (χ0) is 24.6. The second-order valence-electron chi connectivity index (χ2n) is 9.64. The molecule has 33 heavy (non-hydrogen) atoms. The van der Waals surface area contributed by atoms with Crippen molar-refractivity contribution in [2.75, 3.05) is 33.1 Å². The first kappa shape index (κ1) is 23.2. The van der Waals surface area contributed by atoms with Crippen molar-refractivity contribution in [3.05, 3.63) is 34.6 Å². The highest BCUT2D eigenvalue weighted by atomic mass is 16.3. The molecule has 3 aliphatic carbocycles. The van der Waals surface area contributed by atoms with Crippen LogP contribution in [0.3, 0.4) is 0 Å². The van der Waals surface area contributed by atoms with Crippen LogP contribution in [0.1, 0.15) is 22.3 Å². The number of amides is 1. The van der Waals surface area contributed by atoms with E-state index in [1.54, 1.807) is 25.1 Å². The van der Waals surface area contributed by atoms with E-state index < -0.39 is 58.7 Å². The van der Waals surface area contributed by atoms with Crippen molar-refractivity contribution < 1.29 is 34.8 Å². The van der Waals surface area contributed by atoms with Crippen molar-refractivity contribution in [2.24, 2.45) is 23.5 Å². The minimum Gasteiger partial charge on any atom is -0.508 e. The van der Waals surface area contributed by atoms with Crippen LogP contribution in [0.4, 0.5) is 5.69 Å². The Hall–Kier alpha value is -2.95. The lowest BCUT2D eigenvalue weighted by Crippen LogP contribution is -2.71. The number of aromatic hydroxyl groups is 1. The van der Waals surface area contributed by atoms with E-state index >= 15 is 0 Å². The van der Waals surface area contributed by atoms with E-state index in [2.05, 4.69) is 0 Å². The second-order valence-corrected chi connectivity index (χ2v) is 9.64. The molecule has 0 aromatic heterocycles. The van der Waals surface area contributed by atoms with Gasteiger partial charge in [-0.1, -0.05) is 0 Å². The number of ketones is 2. The average molecular weight is 459 g/mol. The van der Waals surface area contributed by atoms with E-state index in [9.17, 15) is 34.8 Å². The quantitative estimate of drug-likeness (QED) is 0.369. The molecule has 1 aromatic carbocycles. The number of phenolic OH excluding ortho intramolecular Hbond substituents is 1. The summed E-state index contributed by atoms with van der Waals surface area (Å²) in [5, 5.41) is 44.1. The number of Topliss-reactive ketones (excluding diaryl/α,β-unsaturated/α-hetero) is 2. The van der Waals surface area contributed by atoms with Crippen LogP contribution >= 0.6 is 0 Å². The number of carbonyl (C=O) groups is 3. The van der Waals surface area contributed by atoms with Gasteiger partial charge >= 0.3 is 0 Å². The predicted octanol–water partition coefficient (Wildman–Crippen LogP) is -0.648. The number of aliphatic hydroxyl groups is 3. The molecule has 1 amide bonds. The third-order valence-corrected chi connectivity index (χ3v) is 7.43. The second kappa shape index (κ2) is 7.54. The lowest BCUT2D eigenvalue weighted by molar-refractivity contribution is -0.178. The molecule has 0 heterocycles. The zero-order valence-electron chi connectivity index (χ0n) is 18.9. The van der Waals surface area contributed by atoms with Gasteiger partial charge in [0.25, 0.3) is 0 Å². The van der Waals surface area contributed by atoms with Gasteiger partial charge in [0, 0.05) is 37.3 Å². The molecule has 0 spiro atoms. The maximum Gasteiger partial charge on any atom is 0.230 e. The first-order valence-electron chi connectivity index (χ1n) is 10.7. The van der Waals surface area contributed by atoms with E-state index in [1.165, 1.54) is 6.07 Å². The Morgan fingerprint density at radius 3 is 2.33 bits per heavy atom. The number of hydrogen-bond acceptors (Lipinski definition) is 9. The van der Waals surface area contributed by atoms with Crippen molar-refractivity contribution in [3.8, 4) is 5.75 Å². The van der Waals surface area contributed by atoms with Crippen LogP contribution in [0.15, 0.2) is 23.5 Å². The summed E-state index contributed by atoms with van der Waals surface area (Å²) in [5.74, 6) is -7.33. The molecule has 0 saturated heterocycles. The summed E-state index contributed by atoms with van der Waals surface area (Å²) in [5.41, 5.74) is 4.00. The molecule has 1 fully saturated rings. The van der Waals surface area contributed by atoms with Gasteiger partial charge in [-0.15, -0.1) is 0 Å². The molecule has 6 N–H and O–H groups in total. The Bertz CT molecular complexity index is 1100. The van der Waals surface area contributed by atoms with E-state index in [0.717, 1.165) is 5.69 Å². The Morgan fingerprint density at radius 2 is 1.79 bits per heavy atom. The number of aliphatic hydroxyl groups excluding tert-OH is 2. The van der Waals surface area contributed by atoms with Crippen LogP contribution in [0.5, 0.6) is 5.75 Å². The monoisotopic (exact) mass is 459 g/mol. The first-order chi connectivity index (χ1) is 15.3. The van der Waals surface area contributed by atoms with Gasteiger partial charge in [-0.3, -0.25) is 14.4 Å². The number of allylic oxidation sites excluding steroid dienone is 1. The van der Waals surface area contributed by atoms with Gasteiger partial charge in [0.1, 0.15) is 17.4 Å². The van der Waals surface area contributed by atoms with E-state index in [1.807, 2.05) is 19.0 Å². The number of nitrogens with two attached hydrogens (primary N) is 1. The maximum absolute atomic E-state index is 13.5. The summed E-state index contributed by atoms with van der Waals surface area (Å²) in [4.78, 5) is 42.2. The number of anilines is 1. The largest absolute Gasteiger partial charge is 0.508 e. The van der Waals surface area contributed by atoms with Crippen molar-refractivity contribution >= 4 is 23.2 Å². The highest BCUT2D eigenvalue weighted by Gasteiger charge is 2.66. The molecule has 178 valence electrons. The summed E-state index contributed by atoms with van der Waals surface area (Å²) < 4.78 is 0. The molecule has 1 saturated carbocycles. The molecular formula is C23H29N3O7. The summed E-state index contributed by atoms with van der Waals surface area (Å²) in [6.45, 7) is 0. The van der Waals surface area contributed by atoms with Gasteiger partial charge in [0.05, 0.1) is 11.7 Å². The highest BCUT2D eigenvalue weighted by Crippen LogP contribution is 2.53. The van der Waals surface area contributed by atoms with Crippen LogP contribution < -0.4 is 10.6 Å². The van der Waals surface area contributed by atoms with Gasteiger partial charge in [0.15, 0.2) is 17.2 Å². The third-order valence-electron chi connectivity index (χ3n) is 7.43. The Balaban J connectivity index is 1.95. The molecule has 0 bridgehead atoms. The topological polar surface area (TPSA) is 165 Å². The molecule has 1 aromatic rings. The normalized spacial score (nSPS) is 33.5. The number of carbonyl (C=O) groups excluding carboxylic acids is 3. The highest BCUT2D eigenvalue weighted by molar-refractivity contribution is 6.16. The number of fused-ring (bicyclic) bond motifs is 3. The molecule has 10 heteroatoms. The number of benzene rings is 1. The van der Waals surface area contributed by atoms with E-state index in [4.69, 9.17) is 5.73 Å². The van der Waals surface area contributed by atoms with Crippen molar-refractivity contribution in [3.63, 3.8) is 0 Å². The fourth-order valence-electron chi connectivity index (χ4n) is 6.01. The lowest BCUT2D eigenvalue weighted by atomic mass is 9.56. The molecule has 0 radical (unpaired) electrons. The van der Waals surface area contributed by atoms with Crippen LogP contribution in [0, 0.1) is 17.8 Å². The number of likely N-dealkylation sites (N-methyl/N-ethyl adjacent to an activating group) is 1. The van der Waals surface area contributed by atoms with E-state index in [0.29, 0.717) is 5.56 Å². The Labute approximate surface area is 190 Å². The standard InChI is InChI=1S/C23H29N3O7/c1-25(2)12-5-6-13(27)15-10(12)7-9-8-11-17(26(3)4)19(29)16(22(24)32)21(31)23(11,33)20(30)14(9)18(15)28/h5-6,9,11,16-17,19,27,29-30,33H,7-8H2,1-4H3,(H2,24,32). The smallest absolute Gasteiger partial charge is 0.230 e. The fourth-order valence-corrected chi connectivity index (χ4v) is 6.01. The third kappa shape index (κ3) is 3.01. The minimum absolute atomic E-state index is 0.0138. The Kier molecular flexibility index (Phi) is 5.31. The average Bonchev–Trinajstić information content (AvgIpc) is 2.70. The van der Waals surface area contributed by atoms with Crippen LogP contribution in [-0.4, -0.2) is 88.7 Å². The zero-order valence-corrected chi connectivity index (χ0v) is 18.9. The van der Waals surface area contributed by atoms with Crippen LogP contribution in [-0.2, 0) is 16.0 Å². The summed E-state index contributed by atoms with van der Waals surface area (Å²) in [6.07, 6.45) is -1.11. The van der Waals surface area contributed by atoms with Crippen LogP contribution in [0.2, 0.25) is 0 Å². The fraction of sp³-hybridized carbons (Fsp3) is 0.522. The summed E-state index contributed by atoms with van der Waals surface area (Å²) in [7, 11) is 6.87. The van der Waals surface area contributed by atoms with Gasteiger partial charge in [-0.25, -0.2) is 0 Å².